The molecule has 3 rings (SSSR count). The predicted octanol–water partition coefficient (Wildman–Crippen LogP) is 3.23. The van der Waals surface area contributed by atoms with Crippen molar-refractivity contribution in [3.05, 3.63) is 78.9 Å². The molecular formula is C18H15O3PS. The van der Waals surface area contributed by atoms with Gasteiger partial charge in [-0.25, -0.2) is 0 Å². The van der Waals surface area contributed by atoms with E-state index < -0.39 is 10.1 Å². The van der Waals surface area contributed by atoms with Gasteiger partial charge in [0.15, 0.2) is 0 Å². The van der Waals surface area contributed by atoms with Crippen LogP contribution in [0.3, 0.4) is 0 Å². The minimum Gasteiger partial charge on any atom is -0.282 e. The molecule has 0 heterocycles. The van der Waals surface area contributed by atoms with Crippen LogP contribution in [-0.4, -0.2) is 13.0 Å². The summed E-state index contributed by atoms with van der Waals surface area (Å²) in [5, 5.41) is 2.34. The second-order valence-corrected chi connectivity index (χ2v) is 7.83. The Kier molecular flexibility index (Phi) is 4.58. The molecule has 0 aliphatic rings. The van der Waals surface area contributed by atoms with Crippen molar-refractivity contribution >= 4 is 29.3 Å². The normalized spacial score (nSPS) is 11.9. The van der Waals surface area contributed by atoms with E-state index in [-0.39, 0.29) is 4.90 Å². The molecule has 116 valence electrons. The minimum atomic E-state index is -4.20. The van der Waals surface area contributed by atoms with Crippen molar-refractivity contribution in [2.24, 2.45) is 0 Å². The number of rotatable bonds is 4. The Labute approximate surface area is 137 Å². The maximum absolute atomic E-state index is 11.3. The van der Waals surface area contributed by atoms with Gasteiger partial charge in [0.05, 0.1) is 4.90 Å². The van der Waals surface area contributed by atoms with Gasteiger partial charge in [0.1, 0.15) is 0 Å². The van der Waals surface area contributed by atoms with Crippen LogP contribution in [0.5, 0.6) is 0 Å². The fraction of sp³-hybridized carbons (Fsp3) is 0. The summed E-state index contributed by atoms with van der Waals surface area (Å²) in [7, 11) is -3.73. The van der Waals surface area contributed by atoms with Gasteiger partial charge in [-0.15, -0.1) is 0 Å². The molecule has 0 bridgehead atoms. The summed E-state index contributed by atoms with van der Waals surface area (Å²) in [6.45, 7) is 0. The van der Waals surface area contributed by atoms with Crippen molar-refractivity contribution in [2.75, 3.05) is 0 Å². The standard InChI is InChI=1S/C18H15O3PS/c19-23(20,21)16-10-6-7-14(13-16)17-11-4-5-12-18(17)22-15-8-2-1-3-9-15/h1-13,22H,(H,19,20,21). The lowest BCUT2D eigenvalue weighted by atomic mass is 10.1. The molecule has 0 fully saturated rings. The Bertz CT molecular complexity index is 922. The minimum absolute atomic E-state index is 0.0900. The van der Waals surface area contributed by atoms with E-state index in [4.69, 9.17) is 0 Å². The van der Waals surface area contributed by atoms with Crippen LogP contribution >= 0.6 is 8.58 Å². The Morgan fingerprint density at radius 2 is 1.48 bits per heavy atom. The third-order valence-electron chi connectivity index (χ3n) is 3.42. The van der Waals surface area contributed by atoms with E-state index >= 15 is 0 Å². The number of benzene rings is 3. The molecule has 0 aliphatic heterocycles. The highest BCUT2D eigenvalue weighted by atomic mass is 32.2. The van der Waals surface area contributed by atoms with E-state index in [1.54, 1.807) is 6.07 Å². The van der Waals surface area contributed by atoms with Crippen LogP contribution in [0.25, 0.3) is 11.1 Å². The molecular weight excluding hydrogens is 327 g/mol. The van der Waals surface area contributed by atoms with Crippen molar-refractivity contribution in [3.8, 4) is 11.1 Å². The van der Waals surface area contributed by atoms with E-state index in [2.05, 4.69) is 12.1 Å². The summed E-state index contributed by atoms with van der Waals surface area (Å²) in [4.78, 5) is -0.0900. The van der Waals surface area contributed by atoms with Crippen LogP contribution in [0.15, 0.2) is 83.8 Å². The van der Waals surface area contributed by atoms with E-state index in [0.717, 1.165) is 16.4 Å². The maximum atomic E-state index is 11.3. The van der Waals surface area contributed by atoms with Gasteiger partial charge >= 0.3 is 0 Å². The van der Waals surface area contributed by atoms with Gasteiger partial charge in [-0.05, 0) is 33.9 Å². The van der Waals surface area contributed by atoms with Gasteiger partial charge in [-0.3, -0.25) is 4.55 Å². The van der Waals surface area contributed by atoms with Gasteiger partial charge in [0.2, 0.25) is 0 Å². The van der Waals surface area contributed by atoms with Crippen molar-refractivity contribution in [1.82, 2.24) is 0 Å². The molecule has 5 heteroatoms. The zero-order valence-corrected chi connectivity index (χ0v) is 14.0. The summed E-state index contributed by atoms with van der Waals surface area (Å²) in [5.74, 6) is 0. The highest BCUT2D eigenvalue weighted by Gasteiger charge is 2.12. The van der Waals surface area contributed by atoms with Crippen LogP contribution in [0, 0.1) is 0 Å². The van der Waals surface area contributed by atoms with Crippen molar-refractivity contribution in [2.45, 2.75) is 4.90 Å². The van der Waals surface area contributed by atoms with Gasteiger partial charge in [-0.1, -0.05) is 75.3 Å². The summed E-state index contributed by atoms with van der Waals surface area (Å²) in [6, 6.07) is 24.4. The van der Waals surface area contributed by atoms with E-state index in [9.17, 15) is 13.0 Å². The van der Waals surface area contributed by atoms with E-state index in [1.807, 2.05) is 48.5 Å². The Morgan fingerprint density at radius 1 is 0.783 bits per heavy atom. The Balaban J connectivity index is 2.04. The van der Waals surface area contributed by atoms with Crippen LogP contribution in [0.2, 0.25) is 0 Å². The molecule has 0 saturated heterocycles. The SMILES string of the molecule is O=S(=O)(O)c1cccc(-c2ccccc2Pc2ccccc2)c1. The molecule has 1 atom stereocenters. The summed E-state index contributed by atoms with van der Waals surface area (Å²) in [6.07, 6.45) is 0. The molecule has 3 aromatic rings. The van der Waals surface area contributed by atoms with Gasteiger partial charge < -0.3 is 0 Å². The van der Waals surface area contributed by atoms with E-state index in [0.29, 0.717) is 8.58 Å². The second kappa shape index (κ2) is 6.63. The molecule has 0 amide bonds. The average molecular weight is 342 g/mol. The Morgan fingerprint density at radius 3 is 2.22 bits per heavy atom. The van der Waals surface area contributed by atoms with Crippen LogP contribution in [-0.2, 0) is 10.1 Å². The summed E-state index contributed by atoms with van der Waals surface area (Å²) in [5.41, 5.74) is 1.75. The third kappa shape index (κ3) is 3.85. The highest BCUT2D eigenvalue weighted by Crippen LogP contribution is 2.25. The molecule has 0 spiro atoms. The third-order valence-corrected chi connectivity index (χ3v) is 5.60. The first-order chi connectivity index (χ1) is 11.0. The largest absolute Gasteiger partial charge is 0.294 e. The summed E-state index contributed by atoms with van der Waals surface area (Å²) >= 11 is 0. The molecule has 23 heavy (non-hydrogen) atoms. The first-order valence-electron chi connectivity index (χ1n) is 7.03. The molecule has 3 aromatic carbocycles. The lowest BCUT2D eigenvalue weighted by Crippen LogP contribution is -2.06. The zero-order chi connectivity index (χ0) is 16.3. The predicted molar refractivity (Wildman–Crippen MR) is 95.7 cm³/mol. The van der Waals surface area contributed by atoms with Crippen molar-refractivity contribution < 1.29 is 13.0 Å². The Hall–Kier alpha value is -2.00. The van der Waals surface area contributed by atoms with Crippen LogP contribution < -0.4 is 10.6 Å². The molecule has 0 aliphatic carbocycles. The van der Waals surface area contributed by atoms with E-state index in [1.165, 1.54) is 17.4 Å². The monoisotopic (exact) mass is 342 g/mol. The first kappa shape index (κ1) is 15.9. The number of hydrogen-bond donors (Lipinski definition) is 1. The quantitative estimate of drug-likeness (QED) is 0.585. The fourth-order valence-corrected chi connectivity index (χ4v) is 4.08. The number of hydrogen-bond acceptors (Lipinski definition) is 2. The average Bonchev–Trinajstić information content (AvgIpc) is 2.56. The molecule has 0 aromatic heterocycles. The van der Waals surface area contributed by atoms with Crippen molar-refractivity contribution in [1.29, 1.82) is 0 Å². The van der Waals surface area contributed by atoms with Gasteiger partial charge in [-0.2, -0.15) is 8.42 Å². The lowest BCUT2D eigenvalue weighted by Gasteiger charge is -2.11. The lowest BCUT2D eigenvalue weighted by molar-refractivity contribution is 0.483. The second-order valence-electron chi connectivity index (χ2n) is 5.04. The molecule has 3 nitrogen and oxygen atoms in total. The summed E-state index contributed by atoms with van der Waals surface area (Å²) < 4.78 is 31.9. The maximum Gasteiger partial charge on any atom is 0.294 e. The highest BCUT2D eigenvalue weighted by molar-refractivity contribution is 7.85. The molecule has 0 radical (unpaired) electrons. The van der Waals surface area contributed by atoms with Gasteiger partial charge in [0, 0.05) is 0 Å². The first-order valence-corrected chi connectivity index (χ1v) is 9.47. The smallest absolute Gasteiger partial charge is 0.282 e. The fourth-order valence-electron chi connectivity index (χ4n) is 2.34. The zero-order valence-electron chi connectivity index (χ0n) is 12.2. The topological polar surface area (TPSA) is 54.4 Å². The molecule has 0 saturated carbocycles. The van der Waals surface area contributed by atoms with Gasteiger partial charge in [0.25, 0.3) is 10.1 Å². The molecule has 1 N–H and O–H groups in total. The van der Waals surface area contributed by atoms with Crippen LogP contribution in [0.4, 0.5) is 0 Å². The molecule has 1 unspecified atom stereocenters. The van der Waals surface area contributed by atoms with Crippen molar-refractivity contribution in [3.63, 3.8) is 0 Å². The van der Waals surface area contributed by atoms with Crippen LogP contribution in [0.1, 0.15) is 0 Å².